The summed E-state index contributed by atoms with van der Waals surface area (Å²) in [6.45, 7) is 0. The van der Waals surface area contributed by atoms with Gasteiger partial charge in [0, 0.05) is 44.3 Å². The fraction of sp³-hybridized carbons (Fsp3) is 0. The van der Waals surface area contributed by atoms with Crippen LogP contribution >= 0.6 is 0 Å². The van der Waals surface area contributed by atoms with E-state index in [-0.39, 0.29) is 23.3 Å². The summed E-state index contributed by atoms with van der Waals surface area (Å²) in [4.78, 5) is 4.08. The van der Waals surface area contributed by atoms with Crippen LogP contribution in [0.1, 0.15) is 0 Å². The third kappa shape index (κ3) is 6.07. The molecule has 6 heteroatoms. The molecule has 10 aromatic carbocycles. The van der Waals surface area contributed by atoms with Crippen molar-refractivity contribution >= 4 is 66.4 Å². The van der Waals surface area contributed by atoms with E-state index in [1.807, 2.05) is 46.2 Å². The molecule has 0 radical (unpaired) electrons. The van der Waals surface area contributed by atoms with Gasteiger partial charge in [-0.15, -0.1) is 0 Å². The first kappa shape index (κ1) is 35.0. The highest BCUT2D eigenvalue weighted by atomic mass is 19.1. The van der Waals surface area contributed by atoms with Crippen molar-refractivity contribution < 1.29 is 17.6 Å². The number of hydrogen-bond donors (Lipinski definition) is 0. The topological polar surface area (TPSA) is 6.48 Å². The Bertz CT molecular complexity index is 2760. The van der Waals surface area contributed by atoms with E-state index < -0.39 is 0 Å². The van der Waals surface area contributed by atoms with Gasteiger partial charge in [0.25, 0.3) is 0 Å². The predicted octanol–water partition coefficient (Wildman–Crippen LogP) is 15.4. The van der Waals surface area contributed by atoms with Gasteiger partial charge in [-0.2, -0.15) is 0 Å². The lowest BCUT2D eigenvalue weighted by molar-refractivity contribution is 0.627. The van der Waals surface area contributed by atoms with E-state index in [0.717, 1.165) is 65.9 Å². The quantitative estimate of drug-likeness (QED) is 0.112. The number of nitrogens with zero attached hydrogens (tertiary/aromatic N) is 2. The molecule has 0 amide bonds. The van der Waals surface area contributed by atoms with Crippen LogP contribution in [0.15, 0.2) is 194 Å². The van der Waals surface area contributed by atoms with Crippen LogP contribution in [0, 0.1) is 23.3 Å². The van der Waals surface area contributed by atoms with Crippen LogP contribution in [0.2, 0.25) is 0 Å². The van der Waals surface area contributed by atoms with Crippen molar-refractivity contribution in [3.63, 3.8) is 0 Å². The molecule has 278 valence electrons. The van der Waals surface area contributed by atoms with Crippen LogP contribution in [0.25, 0.3) is 54.6 Å². The molecule has 0 heterocycles. The zero-order valence-corrected chi connectivity index (χ0v) is 30.9. The van der Waals surface area contributed by atoms with E-state index >= 15 is 0 Å². The van der Waals surface area contributed by atoms with Crippen molar-refractivity contribution in [3.8, 4) is 22.3 Å². The van der Waals surface area contributed by atoms with Crippen LogP contribution in [-0.4, -0.2) is 0 Å². The standard InChI is InChI=1S/C52H32F4N2/c53-35-11-19-39(20-12-35)57(40-21-13-36(54)14-22-40)49-31-47(33-7-3-1-4-8-33)43-27-29-46-50(58(41-23-15-37(55)16-24-41)42-25-17-38(56)18-26-42)32-48(34-9-5-2-6-10-34)44-28-30-45(49)51(43)52(44)46/h1-32H. The molecule has 0 spiro atoms. The second kappa shape index (κ2) is 14.3. The van der Waals surface area contributed by atoms with Crippen molar-refractivity contribution in [2.45, 2.75) is 0 Å². The largest absolute Gasteiger partial charge is 0.310 e. The van der Waals surface area contributed by atoms with Gasteiger partial charge in [-0.05, 0) is 142 Å². The Morgan fingerprint density at radius 1 is 0.276 bits per heavy atom. The third-order valence-electron chi connectivity index (χ3n) is 10.8. The van der Waals surface area contributed by atoms with Crippen LogP contribution in [0.3, 0.4) is 0 Å². The fourth-order valence-corrected chi connectivity index (χ4v) is 8.25. The molecule has 0 bridgehead atoms. The fourth-order valence-electron chi connectivity index (χ4n) is 8.25. The SMILES string of the molecule is Fc1ccc(N(c2ccc(F)cc2)c2cc(-c3ccccc3)c3ccc4c(N(c5ccc(F)cc5)c5ccc(F)cc5)cc(-c5ccccc5)c5ccc2c3c54)cc1. The molecule has 58 heavy (non-hydrogen) atoms. The van der Waals surface area contributed by atoms with Gasteiger partial charge in [0.1, 0.15) is 23.3 Å². The second-order valence-corrected chi connectivity index (χ2v) is 14.3. The predicted molar refractivity (Wildman–Crippen MR) is 230 cm³/mol. The molecule has 0 atom stereocenters. The zero-order chi connectivity index (χ0) is 39.3. The van der Waals surface area contributed by atoms with Crippen molar-refractivity contribution in [2.24, 2.45) is 0 Å². The van der Waals surface area contributed by atoms with Gasteiger partial charge in [0.15, 0.2) is 0 Å². The summed E-state index contributed by atoms with van der Waals surface area (Å²) < 4.78 is 57.9. The molecule has 0 aromatic heterocycles. The normalized spacial score (nSPS) is 11.4. The summed E-state index contributed by atoms with van der Waals surface area (Å²) >= 11 is 0. The maximum absolute atomic E-state index is 14.5. The molecule has 2 nitrogen and oxygen atoms in total. The Morgan fingerprint density at radius 3 is 0.845 bits per heavy atom. The second-order valence-electron chi connectivity index (χ2n) is 14.3. The van der Waals surface area contributed by atoms with Gasteiger partial charge in [-0.25, -0.2) is 17.6 Å². The number of hydrogen-bond acceptors (Lipinski definition) is 2. The van der Waals surface area contributed by atoms with Crippen molar-refractivity contribution in [3.05, 3.63) is 217 Å². The maximum Gasteiger partial charge on any atom is 0.123 e. The lowest BCUT2D eigenvalue weighted by Crippen LogP contribution is -2.12. The molecule has 0 saturated heterocycles. The minimum absolute atomic E-state index is 0.365. The van der Waals surface area contributed by atoms with E-state index in [4.69, 9.17) is 0 Å². The molecule has 0 fully saturated rings. The van der Waals surface area contributed by atoms with Gasteiger partial charge < -0.3 is 9.80 Å². The lowest BCUT2D eigenvalue weighted by Gasteiger charge is -2.31. The Hall–Kier alpha value is -7.44. The molecule has 10 rings (SSSR count). The van der Waals surface area contributed by atoms with Crippen LogP contribution in [-0.2, 0) is 0 Å². The number of halogens is 4. The summed E-state index contributed by atoms with van der Waals surface area (Å²) in [5, 5.41) is 5.89. The average Bonchev–Trinajstić information content (AvgIpc) is 3.26. The molecule has 0 unspecified atom stereocenters. The summed E-state index contributed by atoms with van der Waals surface area (Å²) in [7, 11) is 0. The van der Waals surface area contributed by atoms with Crippen LogP contribution in [0.4, 0.5) is 51.7 Å². The van der Waals surface area contributed by atoms with E-state index in [1.165, 1.54) is 48.5 Å². The van der Waals surface area contributed by atoms with Gasteiger partial charge >= 0.3 is 0 Å². The average molecular weight is 761 g/mol. The summed E-state index contributed by atoms with van der Waals surface area (Å²) in [6.07, 6.45) is 0. The lowest BCUT2D eigenvalue weighted by atomic mass is 9.85. The van der Waals surface area contributed by atoms with Crippen molar-refractivity contribution in [1.82, 2.24) is 0 Å². The summed E-state index contributed by atoms with van der Waals surface area (Å²) in [5.74, 6) is -1.46. The molecule has 0 aliphatic rings. The van der Waals surface area contributed by atoms with Gasteiger partial charge in [0.05, 0.1) is 11.4 Å². The molecular formula is C52H32F4N2. The van der Waals surface area contributed by atoms with Gasteiger partial charge in [-0.3, -0.25) is 0 Å². The molecule has 0 aliphatic carbocycles. The van der Waals surface area contributed by atoms with Crippen LogP contribution in [0.5, 0.6) is 0 Å². The van der Waals surface area contributed by atoms with E-state index in [0.29, 0.717) is 22.7 Å². The highest BCUT2D eigenvalue weighted by Crippen LogP contribution is 2.52. The Balaban J connectivity index is 1.37. The zero-order valence-electron chi connectivity index (χ0n) is 30.9. The smallest absolute Gasteiger partial charge is 0.123 e. The molecule has 0 N–H and O–H groups in total. The Morgan fingerprint density at radius 2 is 0.552 bits per heavy atom. The monoisotopic (exact) mass is 760 g/mol. The number of benzene rings is 10. The number of rotatable bonds is 8. The van der Waals surface area contributed by atoms with Crippen molar-refractivity contribution in [1.29, 1.82) is 0 Å². The molecule has 10 aromatic rings. The highest BCUT2D eigenvalue weighted by molar-refractivity contribution is 6.32. The van der Waals surface area contributed by atoms with Crippen molar-refractivity contribution in [2.75, 3.05) is 9.80 Å². The summed E-state index contributed by atoms with van der Waals surface area (Å²) in [5.41, 5.74) is 8.40. The van der Waals surface area contributed by atoms with Gasteiger partial charge in [0.2, 0.25) is 0 Å². The molecule has 0 aliphatic heterocycles. The van der Waals surface area contributed by atoms with Crippen LogP contribution < -0.4 is 9.80 Å². The molecular weight excluding hydrogens is 729 g/mol. The van der Waals surface area contributed by atoms with E-state index in [9.17, 15) is 17.6 Å². The third-order valence-corrected chi connectivity index (χ3v) is 10.8. The molecule has 0 saturated carbocycles. The van der Waals surface area contributed by atoms with E-state index in [1.54, 1.807) is 48.5 Å². The first-order valence-electron chi connectivity index (χ1n) is 18.9. The minimum atomic E-state index is -0.365. The minimum Gasteiger partial charge on any atom is -0.310 e. The first-order chi connectivity index (χ1) is 28.4. The first-order valence-corrected chi connectivity index (χ1v) is 18.9. The maximum atomic E-state index is 14.5. The highest BCUT2D eigenvalue weighted by Gasteiger charge is 2.26. The Kier molecular flexibility index (Phi) is 8.60. The van der Waals surface area contributed by atoms with Gasteiger partial charge in [-0.1, -0.05) is 84.9 Å². The Labute approximate surface area is 332 Å². The van der Waals surface area contributed by atoms with E-state index in [2.05, 4.69) is 60.7 Å². The summed E-state index contributed by atoms with van der Waals surface area (Å²) in [6, 6.07) is 58.5. The number of anilines is 6.